The fraction of sp³-hybridized carbons (Fsp3) is 0.462. The number of ether oxygens (including phenoxy) is 1. The SMILES string of the molecule is CCCC(CS)COc1ccc(C#N)c(F)c1. The topological polar surface area (TPSA) is 33.0 Å². The van der Waals surface area contributed by atoms with Gasteiger partial charge in [0.05, 0.1) is 12.2 Å². The second-order valence-corrected chi connectivity index (χ2v) is 4.27. The van der Waals surface area contributed by atoms with Crippen LogP contribution in [0, 0.1) is 23.1 Å². The van der Waals surface area contributed by atoms with Crippen molar-refractivity contribution >= 4 is 12.6 Å². The molecule has 0 heterocycles. The molecule has 1 rings (SSSR count). The summed E-state index contributed by atoms with van der Waals surface area (Å²) in [4.78, 5) is 0. The van der Waals surface area contributed by atoms with Crippen LogP contribution in [0.25, 0.3) is 0 Å². The molecule has 1 aromatic carbocycles. The summed E-state index contributed by atoms with van der Waals surface area (Å²) in [6.45, 7) is 2.64. The van der Waals surface area contributed by atoms with Gasteiger partial charge < -0.3 is 4.74 Å². The summed E-state index contributed by atoms with van der Waals surface area (Å²) in [7, 11) is 0. The number of thiol groups is 1. The van der Waals surface area contributed by atoms with Gasteiger partial charge in [0.15, 0.2) is 0 Å². The second-order valence-electron chi connectivity index (χ2n) is 3.90. The Morgan fingerprint density at radius 3 is 2.82 bits per heavy atom. The highest BCUT2D eigenvalue weighted by atomic mass is 32.1. The van der Waals surface area contributed by atoms with Gasteiger partial charge >= 0.3 is 0 Å². The Hall–Kier alpha value is -1.21. The van der Waals surface area contributed by atoms with Crippen LogP contribution in [0.2, 0.25) is 0 Å². The first-order chi connectivity index (χ1) is 8.21. The van der Waals surface area contributed by atoms with E-state index in [1.165, 1.54) is 12.1 Å². The molecule has 0 aliphatic heterocycles. The minimum absolute atomic E-state index is 0.0386. The normalized spacial score (nSPS) is 11.9. The molecule has 1 atom stereocenters. The molecule has 1 aromatic rings. The van der Waals surface area contributed by atoms with Gasteiger partial charge in [-0.25, -0.2) is 4.39 Å². The lowest BCUT2D eigenvalue weighted by Gasteiger charge is -2.14. The molecule has 0 saturated carbocycles. The lowest BCUT2D eigenvalue weighted by atomic mass is 10.1. The van der Waals surface area contributed by atoms with Crippen LogP contribution in [0.4, 0.5) is 4.39 Å². The van der Waals surface area contributed by atoms with Crippen LogP contribution < -0.4 is 4.74 Å². The molecular formula is C13H16FNOS. The van der Waals surface area contributed by atoms with Gasteiger partial charge in [-0.1, -0.05) is 13.3 Å². The first kappa shape index (κ1) is 13.9. The quantitative estimate of drug-likeness (QED) is 0.788. The van der Waals surface area contributed by atoms with E-state index in [4.69, 9.17) is 10.00 Å². The minimum Gasteiger partial charge on any atom is -0.493 e. The Labute approximate surface area is 107 Å². The molecule has 0 amide bonds. The van der Waals surface area contributed by atoms with E-state index < -0.39 is 5.82 Å². The predicted molar refractivity (Wildman–Crippen MR) is 68.9 cm³/mol. The van der Waals surface area contributed by atoms with Crippen LogP contribution in [0.1, 0.15) is 25.3 Å². The fourth-order valence-corrected chi connectivity index (χ4v) is 1.81. The Bertz CT molecular complexity index is 403. The summed E-state index contributed by atoms with van der Waals surface area (Å²) in [5, 5.41) is 8.59. The molecule has 0 saturated heterocycles. The van der Waals surface area contributed by atoms with Crippen LogP contribution in [0.3, 0.4) is 0 Å². The maximum Gasteiger partial charge on any atom is 0.144 e. The Kier molecular flexibility index (Phi) is 5.85. The van der Waals surface area contributed by atoms with Crippen LogP contribution in [-0.2, 0) is 0 Å². The molecular weight excluding hydrogens is 237 g/mol. The molecule has 0 spiro atoms. The van der Waals surface area contributed by atoms with Gasteiger partial charge in [0.25, 0.3) is 0 Å². The molecule has 17 heavy (non-hydrogen) atoms. The summed E-state index contributed by atoms with van der Waals surface area (Å²) in [5.74, 6) is 1.06. The van der Waals surface area contributed by atoms with Crippen molar-refractivity contribution in [1.82, 2.24) is 0 Å². The smallest absolute Gasteiger partial charge is 0.144 e. The van der Waals surface area contributed by atoms with Gasteiger partial charge in [0, 0.05) is 12.0 Å². The third kappa shape index (κ3) is 4.27. The lowest BCUT2D eigenvalue weighted by molar-refractivity contribution is 0.253. The van der Waals surface area contributed by atoms with E-state index in [9.17, 15) is 4.39 Å². The maximum absolute atomic E-state index is 13.3. The lowest BCUT2D eigenvalue weighted by Crippen LogP contribution is -2.13. The third-order valence-electron chi connectivity index (χ3n) is 2.50. The van der Waals surface area contributed by atoms with Crippen molar-refractivity contribution in [3.63, 3.8) is 0 Å². The molecule has 0 N–H and O–H groups in total. The average molecular weight is 253 g/mol. The largest absolute Gasteiger partial charge is 0.493 e. The summed E-state index contributed by atoms with van der Waals surface area (Å²) in [5.41, 5.74) is 0.0386. The van der Waals surface area contributed by atoms with Gasteiger partial charge in [-0.3, -0.25) is 0 Å². The van der Waals surface area contributed by atoms with Crippen molar-refractivity contribution in [2.24, 2.45) is 5.92 Å². The summed E-state index contributed by atoms with van der Waals surface area (Å²) < 4.78 is 18.8. The number of nitriles is 1. The number of hydrogen-bond donors (Lipinski definition) is 1. The Morgan fingerprint density at radius 2 is 2.29 bits per heavy atom. The van der Waals surface area contributed by atoms with Crippen molar-refractivity contribution in [2.75, 3.05) is 12.4 Å². The molecule has 92 valence electrons. The molecule has 2 nitrogen and oxygen atoms in total. The molecule has 0 aliphatic carbocycles. The molecule has 0 bridgehead atoms. The zero-order valence-corrected chi connectivity index (χ0v) is 10.7. The summed E-state index contributed by atoms with van der Waals surface area (Å²) in [6.07, 6.45) is 2.12. The third-order valence-corrected chi connectivity index (χ3v) is 3.02. The first-order valence-electron chi connectivity index (χ1n) is 5.64. The molecule has 1 unspecified atom stereocenters. The summed E-state index contributed by atoms with van der Waals surface area (Å²) in [6, 6.07) is 6.07. The number of benzene rings is 1. The van der Waals surface area contributed by atoms with E-state index in [1.807, 2.05) is 0 Å². The fourth-order valence-electron chi connectivity index (χ4n) is 1.53. The molecule has 0 aromatic heterocycles. The molecule has 0 fully saturated rings. The predicted octanol–water partition coefficient (Wildman–Crippen LogP) is 3.42. The van der Waals surface area contributed by atoms with E-state index in [1.54, 1.807) is 12.1 Å². The van der Waals surface area contributed by atoms with Crippen LogP contribution in [0.15, 0.2) is 18.2 Å². The molecule has 0 aliphatic rings. The van der Waals surface area contributed by atoms with E-state index in [-0.39, 0.29) is 5.56 Å². The standard InChI is InChI=1S/C13H16FNOS/c1-2-3-10(9-17)8-16-12-5-4-11(7-15)13(14)6-12/h4-6,10,17H,2-3,8-9H2,1H3. The number of halogens is 1. The zero-order valence-electron chi connectivity index (χ0n) is 9.82. The van der Waals surface area contributed by atoms with Crippen molar-refractivity contribution in [1.29, 1.82) is 5.26 Å². The minimum atomic E-state index is -0.539. The highest BCUT2D eigenvalue weighted by Crippen LogP contribution is 2.18. The Balaban J connectivity index is 2.58. The average Bonchev–Trinajstić information content (AvgIpc) is 2.34. The maximum atomic E-state index is 13.3. The van der Waals surface area contributed by atoms with Gasteiger partial charge in [-0.05, 0) is 24.3 Å². The number of rotatable bonds is 6. The van der Waals surface area contributed by atoms with Crippen molar-refractivity contribution in [3.05, 3.63) is 29.6 Å². The van der Waals surface area contributed by atoms with E-state index >= 15 is 0 Å². The van der Waals surface area contributed by atoms with E-state index in [2.05, 4.69) is 19.6 Å². The van der Waals surface area contributed by atoms with Crippen molar-refractivity contribution < 1.29 is 9.13 Å². The highest BCUT2D eigenvalue weighted by Gasteiger charge is 2.08. The van der Waals surface area contributed by atoms with Gasteiger partial charge in [-0.2, -0.15) is 17.9 Å². The number of nitrogens with zero attached hydrogens (tertiary/aromatic N) is 1. The van der Waals surface area contributed by atoms with E-state index in [0.717, 1.165) is 18.6 Å². The van der Waals surface area contributed by atoms with E-state index in [0.29, 0.717) is 18.3 Å². The van der Waals surface area contributed by atoms with Gasteiger partial charge in [-0.15, -0.1) is 0 Å². The van der Waals surface area contributed by atoms with Crippen molar-refractivity contribution in [2.45, 2.75) is 19.8 Å². The monoisotopic (exact) mass is 253 g/mol. The van der Waals surface area contributed by atoms with Crippen LogP contribution >= 0.6 is 12.6 Å². The zero-order chi connectivity index (χ0) is 12.7. The second kappa shape index (κ2) is 7.18. The molecule has 0 radical (unpaired) electrons. The van der Waals surface area contributed by atoms with Crippen LogP contribution in [-0.4, -0.2) is 12.4 Å². The highest BCUT2D eigenvalue weighted by molar-refractivity contribution is 7.80. The molecule has 4 heteroatoms. The van der Waals surface area contributed by atoms with Gasteiger partial charge in [0.2, 0.25) is 0 Å². The Morgan fingerprint density at radius 1 is 1.53 bits per heavy atom. The summed E-state index contributed by atoms with van der Waals surface area (Å²) >= 11 is 4.25. The number of hydrogen-bond acceptors (Lipinski definition) is 3. The van der Waals surface area contributed by atoms with Crippen LogP contribution in [0.5, 0.6) is 5.75 Å². The first-order valence-corrected chi connectivity index (χ1v) is 6.27. The van der Waals surface area contributed by atoms with Crippen molar-refractivity contribution in [3.8, 4) is 11.8 Å². The van der Waals surface area contributed by atoms with Gasteiger partial charge in [0.1, 0.15) is 17.6 Å².